The van der Waals surface area contributed by atoms with E-state index in [0.29, 0.717) is 0 Å². The van der Waals surface area contributed by atoms with Crippen molar-refractivity contribution in [3.8, 4) is 11.4 Å². The highest BCUT2D eigenvalue weighted by Gasteiger charge is 2.23. The molecule has 0 saturated carbocycles. The molecule has 1 aliphatic heterocycles. The van der Waals surface area contributed by atoms with Crippen LogP contribution in [0.4, 0.5) is 5.82 Å². The lowest BCUT2D eigenvalue weighted by atomic mass is 9.99. The first kappa shape index (κ1) is 19.8. The van der Waals surface area contributed by atoms with Crippen molar-refractivity contribution in [3.05, 3.63) is 54.6 Å². The molecule has 0 radical (unpaired) electrons. The molecule has 0 atom stereocenters. The monoisotopic (exact) mass is 389 g/mol. The summed E-state index contributed by atoms with van der Waals surface area (Å²) in [6.07, 6.45) is 1.07. The Hall–Kier alpha value is -2.50. The maximum absolute atomic E-state index is 4.92. The number of hydrogen-bond acceptors (Lipinski definition) is 5. The van der Waals surface area contributed by atoms with Gasteiger partial charge in [0.25, 0.3) is 0 Å². The van der Waals surface area contributed by atoms with Crippen LogP contribution in [0.15, 0.2) is 54.6 Å². The van der Waals surface area contributed by atoms with Crippen LogP contribution in [0, 0.1) is 0 Å². The van der Waals surface area contributed by atoms with E-state index >= 15 is 0 Å². The molecule has 5 heteroatoms. The van der Waals surface area contributed by atoms with Crippen molar-refractivity contribution >= 4 is 16.7 Å². The van der Waals surface area contributed by atoms with Crippen molar-refractivity contribution in [2.75, 3.05) is 45.1 Å². The fourth-order valence-electron chi connectivity index (χ4n) is 3.78. The second kappa shape index (κ2) is 8.47. The topological polar surface area (TPSA) is 44.3 Å². The van der Waals surface area contributed by atoms with Gasteiger partial charge in [-0.25, -0.2) is 9.97 Å². The number of hydrogen-bond donors (Lipinski definition) is 1. The normalized spacial score (nSPS) is 16.2. The van der Waals surface area contributed by atoms with E-state index in [1.807, 2.05) is 24.3 Å². The molecule has 1 aliphatic rings. The average molecular weight is 390 g/mol. The number of piperazine rings is 1. The van der Waals surface area contributed by atoms with E-state index in [9.17, 15) is 0 Å². The molecule has 5 nitrogen and oxygen atoms in total. The van der Waals surface area contributed by atoms with E-state index in [4.69, 9.17) is 9.97 Å². The molecular weight excluding hydrogens is 358 g/mol. The predicted octanol–water partition coefficient (Wildman–Crippen LogP) is 4.12. The van der Waals surface area contributed by atoms with Crippen molar-refractivity contribution in [1.29, 1.82) is 0 Å². The van der Waals surface area contributed by atoms with Gasteiger partial charge in [0.15, 0.2) is 5.82 Å². The van der Waals surface area contributed by atoms with Crippen LogP contribution in [0.3, 0.4) is 0 Å². The lowest BCUT2D eigenvalue weighted by molar-refractivity contribution is 0.147. The Morgan fingerprint density at radius 2 is 1.59 bits per heavy atom. The number of anilines is 1. The van der Waals surface area contributed by atoms with Crippen LogP contribution in [0.1, 0.15) is 20.3 Å². The van der Waals surface area contributed by atoms with E-state index in [1.54, 1.807) is 0 Å². The molecule has 0 spiro atoms. The summed E-state index contributed by atoms with van der Waals surface area (Å²) in [6.45, 7) is 10.3. The summed E-state index contributed by atoms with van der Waals surface area (Å²) in [4.78, 5) is 14.7. The number of benzene rings is 2. The molecule has 1 aromatic heterocycles. The number of para-hydroxylation sites is 1. The van der Waals surface area contributed by atoms with Gasteiger partial charge in [-0.3, -0.25) is 0 Å². The smallest absolute Gasteiger partial charge is 0.162 e. The van der Waals surface area contributed by atoms with Gasteiger partial charge in [0.1, 0.15) is 5.82 Å². The molecular formula is C24H31N5. The summed E-state index contributed by atoms with van der Waals surface area (Å²) in [5.41, 5.74) is 1.95. The van der Waals surface area contributed by atoms with Crippen LogP contribution in [-0.2, 0) is 0 Å². The molecule has 0 aliphatic carbocycles. The Bertz CT molecular complexity index is 946. The maximum atomic E-state index is 4.92. The lowest BCUT2D eigenvalue weighted by Gasteiger charge is -2.35. The third-order valence-corrected chi connectivity index (χ3v) is 5.74. The van der Waals surface area contributed by atoms with E-state index in [-0.39, 0.29) is 5.54 Å². The summed E-state index contributed by atoms with van der Waals surface area (Å²) in [6, 6.07) is 18.4. The van der Waals surface area contributed by atoms with Crippen LogP contribution in [0.5, 0.6) is 0 Å². The molecule has 3 aromatic rings. The maximum Gasteiger partial charge on any atom is 0.162 e. The van der Waals surface area contributed by atoms with Crippen LogP contribution in [0.2, 0.25) is 0 Å². The first-order valence-corrected chi connectivity index (χ1v) is 10.5. The zero-order chi connectivity index (χ0) is 20.3. The zero-order valence-electron chi connectivity index (χ0n) is 17.7. The van der Waals surface area contributed by atoms with E-state index in [1.165, 1.54) is 0 Å². The minimum Gasteiger partial charge on any atom is -0.365 e. The minimum absolute atomic E-state index is 0.0611. The van der Waals surface area contributed by atoms with Gasteiger partial charge in [0.05, 0.1) is 5.52 Å². The van der Waals surface area contributed by atoms with Gasteiger partial charge in [0.2, 0.25) is 0 Å². The molecule has 29 heavy (non-hydrogen) atoms. The molecule has 0 amide bonds. The molecule has 1 N–H and O–H groups in total. The number of fused-ring (bicyclic) bond motifs is 1. The number of likely N-dealkylation sites (N-methyl/N-ethyl adjacent to an activating group) is 1. The Morgan fingerprint density at radius 1 is 0.897 bits per heavy atom. The SMILES string of the molecule is CN1CCN(CCC(C)(C)Nc2nc(-c3ccccc3)nc3ccccc23)CC1. The van der Waals surface area contributed by atoms with E-state index < -0.39 is 0 Å². The highest BCUT2D eigenvalue weighted by atomic mass is 15.2. The van der Waals surface area contributed by atoms with Gasteiger partial charge in [-0.15, -0.1) is 0 Å². The highest BCUT2D eigenvalue weighted by Crippen LogP contribution is 2.28. The number of rotatable bonds is 6. The van der Waals surface area contributed by atoms with Crippen molar-refractivity contribution in [1.82, 2.24) is 19.8 Å². The van der Waals surface area contributed by atoms with Crippen LogP contribution >= 0.6 is 0 Å². The summed E-state index contributed by atoms with van der Waals surface area (Å²) in [5.74, 6) is 1.68. The van der Waals surface area contributed by atoms with Gasteiger partial charge < -0.3 is 15.1 Å². The Kier molecular flexibility index (Phi) is 5.79. The van der Waals surface area contributed by atoms with Gasteiger partial charge >= 0.3 is 0 Å². The molecule has 2 aromatic carbocycles. The van der Waals surface area contributed by atoms with Gasteiger partial charge in [0, 0.05) is 49.2 Å². The Morgan fingerprint density at radius 3 is 2.34 bits per heavy atom. The number of nitrogens with one attached hydrogen (secondary N) is 1. The van der Waals surface area contributed by atoms with Crippen molar-refractivity contribution < 1.29 is 0 Å². The lowest BCUT2D eigenvalue weighted by Crippen LogP contribution is -2.46. The number of nitrogens with zero attached hydrogens (tertiary/aromatic N) is 4. The molecule has 0 bridgehead atoms. The molecule has 0 unspecified atom stereocenters. The van der Waals surface area contributed by atoms with Crippen molar-refractivity contribution in [3.63, 3.8) is 0 Å². The van der Waals surface area contributed by atoms with Crippen molar-refractivity contribution in [2.45, 2.75) is 25.8 Å². The number of aromatic nitrogens is 2. The largest absolute Gasteiger partial charge is 0.365 e. The minimum atomic E-state index is -0.0611. The third kappa shape index (κ3) is 4.92. The zero-order valence-corrected chi connectivity index (χ0v) is 17.7. The second-order valence-electron chi connectivity index (χ2n) is 8.68. The molecule has 152 valence electrons. The molecule has 2 heterocycles. The summed E-state index contributed by atoms with van der Waals surface area (Å²) in [5, 5.41) is 4.80. The highest BCUT2D eigenvalue weighted by molar-refractivity contribution is 5.90. The Balaban J connectivity index is 1.56. The van der Waals surface area contributed by atoms with Gasteiger partial charge in [-0.2, -0.15) is 0 Å². The average Bonchev–Trinajstić information content (AvgIpc) is 2.74. The summed E-state index contributed by atoms with van der Waals surface area (Å²) < 4.78 is 0. The van der Waals surface area contributed by atoms with E-state index in [0.717, 1.165) is 67.3 Å². The summed E-state index contributed by atoms with van der Waals surface area (Å²) in [7, 11) is 2.20. The first-order valence-electron chi connectivity index (χ1n) is 10.5. The third-order valence-electron chi connectivity index (χ3n) is 5.74. The quantitative estimate of drug-likeness (QED) is 0.687. The van der Waals surface area contributed by atoms with Crippen LogP contribution < -0.4 is 5.32 Å². The molecule has 1 saturated heterocycles. The first-order chi connectivity index (χ1) is 14.0. The molecule has 1 fully saturated rings. The van der Waals surface area contributed by atoms with Crippen LogP contribution in [-0.4, -0.2) is 65.1 Å². The summed E-state index contributed by atoms with van der Waals surface area (Å²) >= 11 is 0. The second-order valence-corrected chi connectivity index (χ2v) is 8.68. The van der Waals surface area contributed by atoms with Gasteiger partial charge in [-0.05, 0) is 39.4 Å². The van der Waals surface area contributed by atoms with Crippen molar-refractivity contribution in [2.24, 2.45) is 0 Å². The fraction of sp³-hybridized carbons (Fsp3) is 0.417. The molecule has 4 rings (SSSR count). The Labute approximate surface area is 173 Å². The predicted molar refractivity (Wildman–Crippen MR) is 121 cm³/mol. The fourth-order valence-corrected chi connectivity index (χ4v) is 3.78. The van der Waals surface area contributed by atoms with Crippen LogP contribution in [0.25, 0.3) is 22.3 Å². The van der Waals surface area contributed by atoms with Gasteiger partial charge in [-0.1, -0.05) is 42.5 Å². The standard InChI is InChI=1S/C24H31N5/c1-24(2,13-14-29-17-15-28(3)16-18-29)27-23-20-11-7-8-12-21(20)25-22(26-23)19-9-5-4-6-10-19/h4-12H,13-18H2,1-3H3,(H,25,26,27). The van der Waals surface area contributed by atoms with E-state index in [2.05, 4.69) is 66.3 Å².